The maximum Gasteiger partial charge on any atom is 0.253 e. The highest BCUT2D eigenvalue weighted by Gasteiger charge is 2.26. The molecule has 0 saturated carbocycles. The SMILES string of the molecule is Cc1cc(C)cc(C(=O)N2CCCC(OCCc3noc(C4CCOCC4)n3)C2)c1. The van der Waals surface area contributed by atoms with Gasteiger partial charge < -0.3 is 18.9 Å². The summed E-state index contributed by atoms with van der Waals surface area (Å²) in [6.07, 6.45) is 4.46. The van der Waals surface area contributed by atoms with Crippen molar-refractivity contribution in [3.63, 3.8) is 0 Å². The lowest BCUT2D eigenvalue weighted by Gasteiger charge is -2.32. The third-order valence-electron chi connectivity index (χ3n) is 5.87. The average molecular weight is 414 g/mol. The molecule has 3 heterocycles. The van der Waals surface area contributed by atoms with Crippen molar-refractivity contribution in [3.05, 3.63) is 46.6 Å². The lowest BCUT2D eigenvalue weighted by molar-refractivity contribution is 0.00251. The van der Waals surface area contributed by atoms with Crippen molar-refractivity contribution in [1.82, 2.24) is 15.0 Å². The maximum atomic E-state index is 12.9. The van der Waals surface area contributed by atoms with Gasteiger partial charge in [0.15, 0.2) is 5.82 Å². The van der Waals surface area contributed by atoms with Crippen LogP contribution in [0.5, 0.6) is 0 Å². The lowest BCUT2D eigenvalue weighted by atomic mass is 10.0. The van der Waals surface area contributed by atoms with E-state index in [4.69, 9.17) is 14.0 Å². The zero-order valence-corrected chi connectivity index (χ0v) is 17.9. The molecule has 1 aromatic carbocycles. The molecule has 0 radical (unpaired) electrons. The van der Waals surface area contributed by atoms with E-state index in [1.165, 1.54) is 0 Å². The van der Waals surface area contributed by atoms with Gasteiger partial charge in [-0.15, -0.1) is 0 Å². The topological polar surface area (TPSA) is 77.7 Å². The van der Waals surface area contributed by atoms with Crippen LogP contribution >= 0.6 is 0 Å². The molecule has 4 rings (SSSR count). The number of carbonyl (C=O) groups excluding carboxylic acids is 1. The molecule has 1 aromatic heterocycles. The molecule has 0 spiro atoms. The number of carbonyl (C=O) groups is 1. The molecule has 0 N–H and O–H groups in total. The van der Waals surface area contributed by atoms with Gasteiger partial charge >= 0.3 is 0 Å². The van der Waals surface area contributed by atoms with Crippen molar-refractivity contribution in [2.45, 2.75) is 58.0 Å². The van der Waals surface area contributed by atoms with Crippen LogP contribution in [0.1, 0.15) is 64.8 Å². The Labute approximate surface area is 177 Å². The number of benzene rings is 1. The zero-order chi connectivity index (χ0) is 20.9. The van der Waals surface area contributed by atoms with Gasteiger partial charge in [-0.3, -0.25) is 4.79 Å². The number of hydrogen-bond donors (Lipinski definition) is 0. The lowest BCUT2D eigenvalue weighted by Crippen LogP contribution is -2.43. The second-order valence-corrected chi connectivity index (χ2v) is 8.45. The van der Waals surface area contributed by atoms with E-state index in [0.717, 1.165) is 68.0 Å². The van der Waals surface area contributed by atoms with Gasteiger partial charge in [0, 0.05) is 44.2 Å². The van der Waals surface area contributed by atoms with Gasteiger partial charge in [-0.25, -0.2) is 0 Å². The summed E-state index contributed by atoms with van der Waals surface area (Å²) in [5, 5.41) is 4.10. The van der Waals surface area contributed by atoms with Crippen LogP contribution in [0, 0.1) is 13.8 Å². The predicted octanol–water partition coefficient (Wildman–Crippen LogP) is 3.44. The highest BCUT2D eigenvalue weighted by atomic mass is 16.5. The summed E-state index contributed by atoms with van der Waals surface area (Å²) < 4.78 is 16.9. The van der Waals surface area contributed by atoms with E-state index in [2.05, 4.69) is 16.2 Å². The van der Waals surface area contributed by atoms with Gasteiger partial charge in [-0.1, -0.05) is 22.3 Å². The number of aromatic nitrogens is 2. The van der Waals surface area contributed by atoms with Crippen molar-refractivity contribution in [3.8, 4) is 0 Å². The molecule has 0 aliphatic carbocycles. The zero-order valence-electron chi connectivity index (χ0n) is 17.9. The Morgan fingerprint density at radius 2 is 1.93 bits per heavy atom. The first-order valence-electron chi connectivity index (χ1n) is 11.0. The molecule has 2 aliphatic rings. The molecule has 2 saturated heterocycles. The summed E-state index contributed by atoms with van der Waals surface area (Å²) in [5.74, 6) is 1.81. The van der Waals surface area contributed by atoms with Crippen LogP contribution in [-0.4, -0.2) is 60.0 Å². The Bertz CT molecular complexity index is 840. The van der Waals surface area contributed by atoms with Gasteiger partial charge in [-0.05, 0) is 51.7 Å². The number of piperidine rings is 1. The Morgan fingerprint density at radius 3 is 2.70 bits per heavy atom. The number of ether oxygens (including phenoxy) is 2. The van der Waals surface area contributed by atoms with Gasteiger partial charge in [0.25, 0.3) is 5.91 Å². The Balaban J connectivity index is 1.26. The van der Waals surface area contributed by atoms with E-state index in [1.54, 1.807) is 0 Å². The minimum Gasteiger partial charge on any atom is -0.381 e. The fraction of sp³-hybridized carbons (Fsp3) is 0.609. The summed E-state index contributed by atoms with van der Waals surface area (Å²) in [6.45, 7) is 7.50. The predicted molar refractivity (Wildman–Crippen MR) is 112 cm³/mol. The standard InChI is InChI=1S/C23H31N3O4/c1-16-12-17(2)14-19(13-16)23(27)26-8-3-4-20(15-26)29-11-7-21-24-22(30-25-21)18-5-9-28-10-6-18/h12-14,18,20H,3-11,15H2,1-2H3. The summed E-state index contributed by atoms with van der Waals surface area (Å²) in [5.41, 5.74) is 2.99. The molecule has 162 valence electrons. The number of amides is 1. The van der Waals surface area contributed by atoms with Crippen LogP contribution in [0.2, 0.25) is 0 Å². The van der Waals surface area contributed by atoms with Gasteiger partial charge in [0.05, 0.1) is 12.7 Å². The highest BCUT2D eigenvalue weighted by Crippen LogP contribution is 2.25. The van der Waals surface area contributed by atoms with Crippen LogP contribution in [0.3, 0.4) is 0 Å². The van der Waals surface area contributed by atoms with Crippen LogP contribution in [-0.2, 0) is 15.9 Å². The molecule has 1 amide bonds. The minimum absolute atomic E-state index is 0.0514. The van der Waals surface area contributed by atoms with Gasteiger partial charge in [0.2, 0.25) is 5.89 Å². The van der Waals surface area contributed by atoms with E-state index in [0.29, 0.717) is 31.3 Å². The summed E-state index contributed by atoms with van der Waals surface area (Å²) >= 11 is 0. The van der Waals surface area contributed by atoms with Crippen molar-refractivity contribution >= 4 is 5.91 Å². The minimum atomic E-state index is 0.0514. The smallest absolute Gasteiger partial charge is 0.253 e. The number of nitrogens with zero attached hydrogens (tertiary/aromatic N) is 3. The fourth-order valence-corrected chi connectivity index (χ4v) is 4.34. The van der Waals surface area contributed by atoms with Crippen LogP contribution in [0.15, 0.2) is 22.7 Å². The van der Waals surface area contributed by atoms with E-state index >= 15 is 0 Å². The summed E-state index contributed by atoms with van der Waals surface area (Å²) in [7, 11) is 0. The molecule has 0 bridgehead atoms. The normalized spacial score (nSPS) is 20.5. The van der Waals surface area contributed by atoms with Crippen LogP contribution < -0.4 is 0 Å². The molecule has 7 heteroatoms. The largest absolute Gasteiger partial charge is 0.381 e. The van der Waals surface area contributed by atoms with E-state index in [-0.39, 0.29) is 12.0 Å². The monoisotopic (exact) mass is 413 g/mol. The first-order chi connectivity index (χ1) is 14.6. The molecule has 7 nitrogen and oxygen atoms in total. The quantitative estimate of drug-likeness (QED) is 0.722. The first kappa shape index (κ1) is 21.0. The van der Waals surface area contributed by atoms with Crippen molar-refractivity contribution in [1.29, 1.82) is 0 Å². The fourth-order valence-electron chi connectivity index (χ4n) is 4.34. The molecule has 2 aliphatic heterocycles. The molecule has 30 heavy (non-hydrogen) atoms. The Morgan fingerprint density at radius 1 is 1.17 bits per heavy atom. The molecule has 1 atom stereocenters. The second-order valence-electron chi connectivity index (χ2n) is 8.45. The second kappa shape index (κ2) is 9.71. The van der Waals surface area contributed by atoms with Gasteiger partial charge in [-0.2, -0.15) is 4.98 Å². The molecule has 2 aromatic rings. The summed E-state index contributed by atoms with van der Waals surface area (Å²) in [6, 6.07) is 6.02. The third kappa shape index (κ3) is 5.26. The summed E-state index contributed by atoms with van der Waals surface area (Å²) in [4.78, 5) is 19.4. The molecule has 2 fully saturated rings. The highest BCUT2D eigenvalue weighted by molar-refractivity contribution is 5.94. The Kier molecular flexibility index (Phi) is 6.79. The first-order valence-corrected chi connectivity index (χ1v) is 11.0. The van der Waals surface area contributed by atoms with Crippen molar-refractivity contribution < 1.29 is 18.8 Å². The molecular weight excluding hydrogens is 382 g/mol. The average Bonchev–Trinajstić information content (AvgIpc) is 3.22. The number of rotatable bonds is 6. The van der Waals surface area contributed by atoms with Crippen molar-refractivity contribution in [2.75, 3.05) is 32.9 Å². The van der Waals surface area contributed by atoms with E-state index in [1.807, 2.05) is 30.9 Å². The maximum absolute atomic E-state index is 12.9. The van der Waals surface area contributed by atoms with Crippen LogP contribution in [0.4, 0.5) is 0 Å². The van der Waals surface area contributed by atoms with Crippen molar-refractivity contribution in [2.24, 2.45) is 0 Å². The number of likely N-dealkylation sites (tertiary alicyclic amines) is 1. The molecule has 1 unspecified atom stereocenters. The van der Waals surface area contributed by atoms with Crippen LogP contribution in [0.25, 0.3) is 0 Å². The molecular formula is C23H31N3O4. The third-order valence-corrected chi connectivity index (χ3v) is 5.87. The van der Waals surface area contributed by atoms with E-state index in [9.17, 15) is 4.79 Å². The number of hydrogen-bond acceptors (Lipinski definition) is 6. The van der Waals surface area contributed by atoms with Gasteiger partial charge in [0.1, 0.15) is 0 Å². The Hall–Kier alpha value is -2.25. The van der Waals surface area contributed by atoms with E-state index < -0.39 is 0 Å². The number of aryl methyl sites for hydroxylation is 2.